The van der Waals surface area contributed by atoms with E-state index in [9.17, 15) is 10.1 Å². The Morgan fingerprint density at radius 1 is 1.45 bits per heavy atom. The molecule has 2 aromatic rings. The van der Waals surface area contributed by atoms with Gasteiger partial charge in [0.15, 0.2) is 5.58 Å². The zero-order valence-corrected chi connectivity index (χ0v) is 11.4. The summed E-state index contributed by atoms with van der Waals surface area (Å²) in [4.78, 5) is 14.6. The van der Waals surface area contributed by atoms with Crippen LogP contribution in [0.1, 0.15) is 32.6 Å². The Morgan fingerprint density at radius 3 is 2.90 bits per heavy atom. The van der Waals surface area contributed by atoms with Gasteiger partial charge in [0.1, 0.15) is 5.52 Å². The van der Waals surface area contributed by atoms with Crippen molar-refractivity contribution in [2.45, 2.75) is 32.6 Å². The number of hydrogen-bond donors (Lipinski definition) is 1. The van der Waals surface area contributed by atoms with Crippen LogP contribution in [0.2, 0.25) is 0 Å². The number of non-ortho nitro benzene ring substituents is 1. The Morgan fingerprint density at radius 2 is 2.20 bits per heavy atom. The fraction of sp³-hybridized carbons (Fsp3) is 0.500. The highest BCUT2D eigenvalue weighted by atomic mass is 16.6. The van der Waals surface area contributed by atoms with Crippen LogP contribution in [0.25, 0.3) is 11.1 Å². The van der Waals surface area contributed by atoms with Crippen LogP contribution < -0.4 is 5.32 Å². The third-order valence-electron chi connectivity index (χ3n) is 4.06. The van der Waals surface area contributed by atoms with E-state index in [4.69, 9.17) is 4.42 Å². The maximum absolute atomic E-state index is 10.7. The minimum Gasteiger partial charge on any atom is -0.423 e. The molecule has 1 saturated carbocycles. The Bertz CT molecular complexity index is 644. The SMILES string of the molecule is CC1(CNc2nc3ccc([N+](=O)[O-])cc3o2)CCCC1. The van der Waals surface area contributed by atoms with Crippen molar-refractivity contribution in [3.63, 3.8) is 0 Å². The lowest BCUT2D eigenvalue weighted by molar-refractivity contribution is -0.384. The average molecular weight is 275 g/mol. The molecule has 0 amide bonds. The number of hydrogen-bond acceptors (Lipinski definition) is 5. The molecule has 1 aromatic heterocycles. The van der Waals surface area contributed by atoms with E-state index in [0.717, 1.165) is 6.54 Å². The molecule has 0 atom stereocenters. The van der Waals surface area contributed by atoms with E-state index in [0.29, 0.717) is 22.5 Å². The van der Waals surface area contributed by atoms with E-state index in [2.05, 4.69) is 17.2 Å². The first kappa shape index (κ1) is 12.9. The Kier molecular flexibility index (Phi) is 3.08. The van der Waals surface area contributed by atoms with Crippen LogP contribution in [0.4, 0.5) is 11.7 Å². The highest BCUT2D eigenvalue weighted by Crippen LogP contribution is 2.37. The van der Waals surface area contributed by atoms with Crippen molar-refractivity contribution >= 4 is 22.8 Å². The third-order valence-corrected chi connectivity index (χ3v) is 4.06. The van der Waals surface area contributed by atoms with Crippen LogP contribution in [0.15, 0.2) is 22.6 Å². The summed E-state index contributed by atoms with van der Waals surface area (Å²) in [5.74, 6) is 0. The molecule has 1 N–H and O–H groups in total. The summed E-state index contributed by atoms with van der Waals surface area (Å²) in [6.07, 6.45) is 4.98. The molecule has 1 fully saturated rings. The van der Waals surface area contributed by atoms with Gasteiger partial charge >= 0.3 is 0 Å². The fourth-order valence-electron chi connectivity index (χ4n) is 2.80. The van der Waals surface area contributed by atoms with Crippen LogP contribution in [0.5, 0.6) is 0 Å². The van der Waals surface area contributed by atoms with Gasteiger partial charge in [0.2, 0.25) is 0 Å². The monoisotopic (exact) mass is 275 g/mol. The van der Waals surface area contributed by atoms with Crippen molar-refractivity contribution in [2.75, 3.05) is 11.9 Å². The first-order chi connectivity index (χ1) is 9.56. The second kappa shape index (κ2) is 4.77. The Hall–Kier alpha value is -2.11. The number of nitro groups is 1. The van der Waals surface area contributed by atoms with Gasteiger partial charge in [0.25, 0.3) is 11.7 Å². The second-order valence-electron chi connectivity index (χ2n) is 5.80. The molecule has 3 rings (SSSR count). The molecule has 20 heavy (non-hydrogen) atoms. The van der Waals surface area contributed by atoms with Crippen molar-refractivity contribution in [1.82, 2.24) is 4.98 Å². The van der Waals surface area contributed by atoms with E-state index in [1.54, 1.807) is 6.07 Å². The molecule has 106 valence electrons. The van der Waals surface area contributed by atoms with Gasteiger partial charge in [-0.25, -0.2) is 0 Å². The maximum atomic E-state index is 10.7. The molecule has 1 aliphatic carbocycles. The number of oxazole rings is 1. The Labute approximate surface area is 116 Å². The molecule has 0 saturated heterocycles. The first-order valence-electron chi connectivity index (χ1n) is 6.85. The van der Waals surface area contributed by atoms with Gasteiger partial charge in [0, 0.05) is 12.6 Å². The Balaban J connectivity index is 1.77. The van der Waals surface area contributed by atoms with E-state index in [-0.39, 0.29) is 5.69 Å². The molecule has 0 radical (unpaired) electrons. The number of aromatic nitrogens is 1. The predicted molar refractivity (Wildman–Crippen MR) is 75.7 cm³/mol. The fourth-order valence-corrected chi connectivity index (χ4v) is 2.80. The van der Waals surface area contributed by atoms with E-state index >= 15 is 0 Å². The second-order valence-corrected chi connectivity index (χ2v) is 5.80. The molecule has 1 heterocycles. The maximum Gasteiger partial charge on any atom is 0.295 e. The van der Waals surface area contributed by atoms with Crippen molar-refractivity contribution < 1.29 is 9.34 Å². The normalized spacial score (nSPS) is 17.4. The summed E-state index contributed by atoms with van der Waals surface area (Å²) in [6.45, 7) is 3.09. The molecule has 1 aromatic carbocycles. The molecule has 1 aliphatic rings. The molecule has 0 bridgehead atoms. The minimum absolute atomic E-state index is 0.0166. The van der Waals surface area contributed by atoms with Gasteiger partial charge in [-0.1, -0.05) is 19.8 Å². The number of anilines is 1. The summed E-state index contributed by atoms with van der Waals surface area (Å²) < 4.78 is 5.54. The van der Waals surface area contributed by atoms with Crippen LogP contribution in [0.3, 0.4) is 0 Å². The van der Waals surface area contributed by atoms with Crippen LogP contribution >= 0.6 is 0 Å². The van der Waals surface area contributed by atoms with Gasteiger partial charge in [-0.3, -0.25) is 10.1 Å². The van der Waals surface area contributed by atoms with Crippen molar-refractivity contribution in [2.24, 2.45) is 5.41 Å². The number of benzene rings is 1. The van der Waals surface area contributed by atoms with Gasteiger partial charge < -0.3 is 9.73 Å². The molecule has 0 spiro atoms. The topological polar surface area (TPSA) is 81.2 Å². The zero-order chi connectivity index (χ0) is 14.2. The lowest BCUT2D eigenvalue weighted by atomic mass is 9.89. The number of rotatable bonds is 4. The highest BCUT2D eigenvalue weighted by molar-refractivity contribution is 5.77. The third kappa shape index (κ3) is 2.45. The van der Waals surface area contributed by atoms with Gasteiger partial charge in [-0.2, -0.15) is 4.98 Å². The van der Waals surface area contributed by atoms with Crippen molar-refractivity contribution in [1.29, 1.82) is 0 Å². The van der Waals surface area contributed by atoms with Crippen LogP contribution in [-0.4, -0.2) is 16.5 Å². The number of fused-ring (bicyclic) bond motifs is 1. The van der Waals surface area contributed by atoms with Gasteiger partial charge in [-0.15, -0.1) is 0 Å². The largest absolute Gasteiger partial charge is 0.423 e. The zero-order valence-electron chi connectivity index (χ0n) is 11.4. The number of nitro benzene ring substituents is 1. The van der Waals surface area contributed by atoms with Crippen molar-refractivity contribution in [3.8, 4) is 0 Å². The van der Waals surface area contributed by atoms with E-state index in [1.807, 2.05) is 0 Å². The van der Waals surface area contributed by atoms with Crippen LogP contribution in [-0.2, 0) is 0 Å². The smallest absolute Gasteiger partial charge is 0.295 e. The van der Waals surface area contributed by atoms with Crippen molar-refractivity contribution in [3.05, 3.63) is 28.3 Å². The molecule has 6 nitrogen and oxygen atoms in total. The molecule has 6 heteroatoms. The van der Waals surface area contributed by atoms with E-state index < -0.39 is 4.92 Å². The number of nitrogens with one attached hydrogen (secondary N) is 1. The summed E-state index contributed by atoms with van der Waals surface area (Å²) in [5, 5.41) is 13.9. The van der Waals surface area contributed by atoms with Gasteiger partial charge in [-0.05, 0) is 24.3 Å². The van der Waals surface area contributed by atoms with Gasteiger partial charge in [0.05, 0.1) is 11.0 Å². The molecule has 0 aliphatic heterocycles. The molecular formula is C14H17N3O3. The molecule has 0 unspecified atom stereocenters. The number of nitrogens with zero attached hydrogens (tertiary/aromatic N) is 2. The minimum atomic E-state index is -0.436. The summed E-state index contributed by atoms with van der Waals surface area (Å²) in [5.41, 5.74) is 1.39. The summed E-state index contributed by atoms with van der Waals surface area (Å²) in [7, 11) is 0. The van der Waals surface area contributed by atoms with Crippen LogP contribution in [0, 0.1) is 15.5 Å². The molecular weight excluding hydrogens is 258 g/mol. The first-order valence-corrected chi connectivity index (χ1v) is 6.85. The lowest BCUT2D eigenvalue weighted by Crippen LogP contribution is -2.22. The highest BCUT2D eigenvalue weighted by Gasteiger charge is 2.28. The summed E-state index contributed by atoms with van der Waals surface area (Å²) >= 11 is 0. The predicted octanol–water partition coefficient (Wildman–Crippen LogP) is 3.73. The van der Waals surface area contributed by atoms with E-state index in [1.165, 1.54) is 37.8 Å². The summed E-state index contributed by atoms with van der Waals surface area (Å²) in [6, 6.07) is 4.89. The standard InChI is InChI=1S/C14H17N3O3/c1-14(6-2-3-7-14)9-15-13-16-11-5-4-10(17(18)19)8-12(11)20-13/h4-5,8H,2-3,6-7,9H2,1H3,(H,15,16). The quantitative estimate of drug-likeness (QED) is 0.679. The average Bonchev–Trinajstić information content (AvgIpc) is 3.01. The lowest BCUT2D eigenvalue weighted by Gasteiger charge is -2.22.